The average molecular weight is 320 g/mol. The van der Waals surface area contributed by atoms with Crippen molar-refractivity contribution >= 4 is 11.7 Å². The van der Waals surface area contributed by atoms with Crippen LogP contribution < -0.4 is 15.4 Å². The van der Waals surface area contributed by atoms with E-state index in [1.807, 2.05) is 32.0 Å². The monoisotopic (exact) mass is 320 g/mol. The van der Waals surface area contributed by atoms with Gasteiger partial charge in [0.1, 0.15) is 12.4 Å². The second-order valence-electron chi connectivity index (χ2n) is 5.08. The molecular formula is C17H18F2N2O2. The lowest BCUT2D eigenvalue weighted by molar-refractivity contribution is 0.247. The Balaban J connectivity index is 1.78. The van der Waals surface area contributed by atoms with Crippen molar-refractivity contribution in [3.63, 3.8) is 0 Å². The van der Waals surface area contributed by atoms with Crippen molar-refractivity contribution in [2.75, 3.05) is 18.5 Å². The zero-order chi connectivity index (χ0) is 16.8. The number of ether oxygens (including phenoxy) is 1. The average Bonchev–Trinajstić information content (AvgIpc) is 2.50. The molecular weight excluding hydrogens is 302 g/mol. The third kappa shape index (κ3) is 4.67. The predicted octanol–water partition coefficient (Wildman–Crippen LogP) is 3.78. The number of benzene rings is 2. The molecule has 122 valence electrons. The number of carbonyl (C=O) groups excluding carboxylic acids is 1. The number of hydrogen-bond acceptors (Lipinski definition) is 2. The third-order valence-electron chi connectivity index (χ3n) is 3.22. The van der Waals surface area contributed by atoms with Crippen LogP contribution in [0.25, 0.3) is 0 Å². The van der Waals surface area contributed by atoms with Crippen LogP contribution in [0, 0.1) is 25.5 Å². The van der Waals surface area contributed by atoms with Gasteiger partial charge in [0.15, 0.2) is 11.6 Å². The molecule has 2 N–H and O–H groups in total. The molecule has 0 aliphatic carbocycles. The molecule has 0 unspecified atom stereocenters. The number of rotatable bonds is 5. The van der Waals surface area contributed by atoms with E-state index in [-0.39, 0.29) is 12.2 Å². The van der Waals surface area contributed by atoms with Gasteiger partial charge in [-0.15, -0.1) is 0 Å². The summed E-state index contributed by atoms with van der Waals surface area (Å²) in [7, 11) is 0. The summed E-state index contributed by atoms with van der Waals surface area (Å²) in [6.45, 7) is 4.48. The maximum Gasteiger partial charge on any atom is 0.319 e. The number of para-hydroxylation sites is 1. The molecule has 23 heavy (non-hydrogen) atoms. The lowest BCUT2D eigenvalue weighted by atomic mass is 10.1. The molecule has 2 rings (SSSR count). The SMILES string of the molecule is Cc1cccc(C)c1OCCNC(=O)Nc1ccc(F)c(F)c1. The fourth-order valence-electron chi connectivity index (χ4n) is 2.09. The van der Waals surface area contributed by atoms with Gasteiger partial charge in [-0.05, 0) is 37.1 Å². The first-order chi connectivity index (χ1) is 11.0. The Hall–Kier alpha value is -2.63. The Morgan fingerprint density at radius 3 is 2.43 bits per heavy atom. The number of aryl methyl sites for hydroxylation is 2. The molecule has 0 aliphatic rings. The summed E-state index contributed by atoms with van der Waals surface area (Å²) in [6.07, 6.45) is 0. The van der Waals surface area contributed by atoms with Crippen LogP contribution in [0.4, 0.5) is 19.3 Å². The topological polar surface area (TPSA) is 50.4 Å². The molecule has 4 nitrogen and oxygen atoms in total. The minimum Gasteiger partial charge on any atom is -0.491 e. The fourth-order valence-corrected chi connectivity index (χ4v) is 2.09. The second-order valence-corrected chi connectivity index (χ2v) is 5.08. The van der Waals surface area contributed by atoms with Gasteiger partial charge in [0.2, 0.25) is 0 Å². The molecule has 6 heteroatoms. The standard InChI is InChI=1S/C17H18F2N2O2/c1-11-4-3-5-12(2)16(11)23-9-8-20-17(22)21-13-6-7-14(18)15(19)10-13/h3-7,10H,8-9H2,1-2H3,(H2,20,21,22). The van der Waals surface area contributed by atoms with Crippen LogP contribution in [-0.2, 0) is 0 Å². The maximum absolute atomic E-state index is 13.0. The minimum atomic E-state index is -1.01. The number of amides is 2. The second kappa shape index (κ2) is 7.58. The summed E-state index contributed by atoms with van der Waals surface area (Å²) >= 11 is 0. The van der Waals surface area contributed by atoms with Crippen LogP contribution in [0.2, 0.25) is 0 Å². The minimum absolute atomic E-state index is 0.178. The number of carbonyl (C=O) groups is 1. The van der Waals surface area contributed by atoms with E-state index in [1.54, 1.807) is 0 Å². The molecule has 2 aromatic rings. The molecule has 0 saturated carbocycles. The number of nitrogens with one attached hydrogen (secondary N) is 2. The maximum atomic E-state index is 13.0. The van der Waals surface area contributed by atoms with E-state index in [1.165, 1.54) is 6.07 Å². The van der Waals surface area contributed by atoms with Crippen molar-refractivity contribution in [3.8, 4) is 5.75 Å². The summed E-state index contributed by atoms with van der Waals surface area (Å²) in [5, 5.41) is 5.00. The Morgan fingerprint density at radius 2 is 1.78 bits per heavy atom. The van der Waals surface area contributed by atoms with Gasteiger partial charge < -0.3 is 15.4 Å². The lowest BCUT2D eigenvalue weighted by Crippen LogP contribution is -2.32. The highest BCUT2D eigenvalue weighted by Gasteiger charge is 2.06. The van der Waals surface area contributed by atoms with E-state index in [0.29, 0.717) is 6.61 Å². The molecule has 0 atom stereocenters. The highest BCUT2D eigenvalue weighted by Crippen LogP contribution is 2.21. The van der Waals surface area contributed by atoms with Gasteiger partial charge in [-0.2, -0.15) is 0 Å². The summed E-state index contributed by atoms with van der Waals surface area (Å²) < 4.78 is 31.5. The van der Waals surface area contributed by atoms with Crippen LogP contribution in [0.3, 0.4) is 0 Å². The fraction of sp³-hybridized carbons (Fsp3) is 0.235. The van der Waals surface area contributed by atoms with Gasteiger partial charge >= 0.3 is 6.03 Å². The zero-order valence-electron chi connectivity index (χ0n) is 13.0. The van der Waals surface area contributed by atoms with Gasteiger partial charge in [-0.3, -0.25) is 0 Å². The Labute approximate surface area is 133 Å². The largest absolute Gasteiger partial charge is 0.491 e. The summed E-state index contributed by atoms with van der Waals surface area (Å²) in [5.74, 6) is -1.17. The van der Waals surface area contributed by atoms with E-state index in [9.17, 15) is 13.6 Å². The first-order valence-corrected chi connectivity index (χ1v) is 7.16. The highest BCUT2D eigenvalue weighted by molar-refractivity contribution is 5.89. The molecule has 2 amide bonds. The van der Waals surface area contributed by atoms with Crippen LogP contribution in [0.15, 0.2) is 36.4 Å². The zero-order valence-corrected chi connectivity index (χ0v) is 13.0. The van der Waals surface area contributed by atoms with Crippen LogP contribution in [0.1, 0.15) is 11.1 Å². The van der Waals surface area contributed by atoms with Gasteiger partial charge in [-0.25, -0.2) is 13.6 Å². The molecule has 0 radical (unpaired) electrons. The summed E-state index contributed by atoms with van der Waals surface area (Å²) in [5.41, 5.74) is 2.23. The smallest absolute Gasteiger partial charge is 0.319 e. The quantitative estimate of drug-likeness (QED) is 0.824. The van der Waals surface area contributed by atoms with E-state index < -0.39 is 17.7 Å². The number of urea groups is 1. The van der Waals surface area contributed by atoms with Crippen molar-refractivity contribution in [2.45, 2.75) is 13.8 Å². The van der Waals surface area contributed by atoms with Gasteiger partial charge in [0, 0.05) is 11.8 Å². The molecule has 0 fully saturated rings. The molecule has 0 saturated heterocycles. The predicted molar refractivity (Wildman–Crippen MR) is 84.8 cm³/mol. The van der Waals surface area contributed by atoms with Crippen LogP contribution in [0.5, 0.6) is 5.75 Å². The van der Waals surface area contributed by atoms with Crippen molar-refractivity contribution in [3.05, 3.63) is 59.2 Å². The van der Waals surface area contributed by atoms with Gasteiger partial charge in [0.25, 0.3) is 0 Å². The molecule has 0 aliphatic heterocycles. The van der Waals surface area contributed by atoms with Gasteiger partial charge in [-0.1, -0.05) is 18.2 Å². The van der Waals surface area contributed by atoms with Gasteiger partial charge in [0.05, 0.1) is 6.54 Å². The van der Waals surface area contributed by atoms with Crippen molar-refractivity contribution in [2.24, 2.45) is 0 Å². The van der Waals surface area contributed by atoms with Crippen molar-refractivity contribution in [1.29, 1.82) is 0 Å². The third-order valence-corrected chi connectivity index (χ3v) is 3.22. The van der Waals surface area contributed by atoms with E-state index in [2.05, 4.69) is 10.6 Å². The Kier molecular flexibility index (Phi) is 5.51. The Morgan fingerprint density at radius 1 is 1.09 bits per heavy atom. The Bertz CT molecular complexity index is 685. The molecule has 0 heterocycles. The molecule has 0 aromatic heterocycles. The normalized spacial score (nSPS) is 10.3. The summed E-state index contributed by atoms with van der Waals surface area (Å²) in [6, 6.07) is 8.49. The molecule has 0 spiro atoms. The number of anilines is 1. The van der Waals surface area contributed by atoms with E-state index in [0.717, 1.165) is 29.0 Å². The van der Waals surface area contributed by atoms with Crippen LogP contribution in [-0.4, -0.2) is 19.2 Å². The molecule has 0 bridgehead atoms. The van der Waals surface area contributed by atoms with E-state index >= 15 is 0 Å². The first-order valence-electron chi connectivity index (χ1n) is 7.16. The first kappa shape index (κ1) is 16.7. The van der Waals surface area contributed by atoms with Crippen LogP contribution >= 0.6 is 0 Å². The van der Waals surface area contributed by atoms with E-state index in [4.69, 9.17) is 4.74 Å². The molecule has 2 aromatic carbocycles. The number of halogens is 2. The van der Waals surface area contributed by atoms with Crippen molar-refractivity contribution < 1.29 is 18.3 Å². The lowest BCUT2D eigenvalue weighted by Gasteiger charge is -2.12. The summed E-state index contributed by atoms with van der Waals surface area (Å²) in [4.78, 5) is 11.7. The van der Waals surface area contributed by atoms with Crippen molar-refractivity contribution in [1.82, 2.24) is 5.32 Å². The number of hydrogen-bond donors (Lipinski definition) is 2. The highest BCUT2D eigenvalue weighted by atomic mass is 19.2.